The third-order valence-electron chi connectivity index (χ3n) is 8.27. The van der Waals surface area contributed by atoms with Crippen LogP contribution in [-0.4, -0.2) is 23.9 Å². The van der Waals surface area contributed by atoms with Crippen LogP contribution >= 0.6 is 0 Å². The molecular weight excluding hydrogens is 605 g/mol. The van der Waals surface area contributed by atoms with Gasteiger partial charge in [-0.25, -0.2) is 0 Å². The molecule has 9 heteroatoms. The van der Waals surface area contributed by atoms with Crippen LogP contribution in [-0.2, 0) is 32.3 Å². The van der Waals surface area contributed by atoms with Crippen LogP contribution in [0.5, 0.6) is 0 Å². The van der Waals surface area contributed by atoms with Gasteiger partial charge in [0.15, 0.2) is 6.10 Å². The van der Waals surface area contributed by atoms with Crippen molar-refractivity contribution in [2.24, 2.45) is 5.73 Å². The first-order chi connectivity index (χ1) is 22.5. The Balaban J connectivity index is 1.42. The summed E-state index contributed by atoms with van der Waals surface area (Å²) >= 11 is 0. The van der Waals surface area contributed by atoms with E-state index in [-0.39, 0.29) is 17.4 Å². The number of esters is 1. The van der Waals surface area contributed by atoms with Crippen molar-refractivity contribution in [1.29, 1.82) is 0 Å². The van der Waals surface area contributed by atoms with Gasteiger partial charge in [0, 0.05) is 17.7 Å². The van der Waals surface area contributed by atoms with E-state index >= 15 is 0 Å². The second kappa shape index (κ2) is 15.6. The normalized spacial score (nSPS) is 12.3. The molecule has 0 saturated heterocycles. The third-order valence-corrected chi connectivity index (χ3v) is 8.27. The van der Waals surface area contributed by atoms with E-state index in [0.717, 1.165) is 43.4 Å². The number of primary amides is 1. The fourth-order valence-corrected chi connectivity index (χ4v) is 6.08. The zero-order chi connectivity index (χ0) is 34.0. The summed E-state index contributed by atoms with van der Waals surface area (Å²) in [5.41, 5.74) is 7.99. The molecule has 0 radical (unpaired) electrons. The summed E-state index contributed by atoms with van der Waals surface area (Å²) < 4.78 is 44.7. The topological polar surface area (TPSA) is 98.5 Å². The molecule has 0 aromatic heterocycles. The number of nitrogens with two attached hydrogens (primary N) is 1. The molecule has 0 aliphatic rings. The van der Waals surface area contributed by atoms with Crippen LogP contribution in [0.25, 0.3) is 11.1 Å². The van der Waals surface area contributed by atoms with Crippen molar-refractivity contribution in [2.45, 2.75) is 70.1 Å². The van der Waals surface area contributed by atoms with Gasteiger partial charge in [-0.1, -0.05) is 99.5 Å². The minimum absolute atomic E-state index is 0.103. The van der Waals surface area contributed by atoms with Gasteiger partial charge in [0.05, 0.1) is 12.0 Å². The van der Waals surface area contributed by atoms with Crippen molar-refractivity contribution in [3.8, 4) is 11.1 Å². The van der Waals surface area contributed by atoms with Gasteiger partial charge in [0.25, 0.3) is 11.8 Å². The summed E-state index contributed by atoms with van der Waals surface area (Å²) in [4.78, 5) is 38.7. The van der Waals surface area contributed by atoms with E-state index in [9.17, 15) is 27.6 Å². The van der Waals surface area contributed by atoms with Gasteiger partial charge in [-0.15, -0.1) is 0 Å². The Bertz CT molecular complexity index is 1650. The Morgan fingerprint density at radius 2 is 1.36 bits per heavy atom. The molecule has 0 aliphatic heterocycles. The predicted molar refractivity (Wildman–Crippen MR) is 177 cm³/mol. The summed E-state index contributed by atoms with van der Waals surface area (Å²) in [5.74, 6) is -1.73. The van der Waals surface area contributed by atoms with E-state index in [0.29, 0.717) is 28.8 Å². The van der Waals surface area contributed by atoms with E-state index in [2.05, 4.69) is 19.2 Å². The quantitative estimate of drug-likeness (QED) is 0.135. The van der Waals surface area contributed by atoms with Crippen LogP contribution in [0.1, 0.15) is 73.0 Å². The average molecular weight is 645 g/mol. The lowest BCUT2D eigenvalue weighted by Gasteiger charge is -2.36. The maximum absolute atomic E-state index is 13.2. The minimum Gasteiger partial charge on any atom is -0.452 e. The Kier molecular flexibility index (Phi) is 11.6. The molecule has 3 N–H and O–H groups in total. The molecule has 2 amide bonds. The van der Waals surface area contributed by atoms with Crippen LogP contribution in [0, 0.1) is 0 Å². The number of hydrogen-bond donors (Lipinski definition) is 2. The van der Waals surface area contributed by atoms with Gasteiger partial charge in [-0.3, -0.25) is 14.4 Å². The molecule has 0 spiro atoms. The highest BCUT2D eigenvalue weighted by Crippen LogP contribution is 2.39. The summed E-state index contributed by atoms with van der Waals surface area (Å²) in [5, 5.41) is 2.80. The molecule has 246 valence electrons. The maximum atomic E-state index is 13.2. The van der Waals surface area contributed by atoms with Gasteiger partial charge in [-0.2, -0.15) is 13.2 Å². The van der Waals surface area contributed by atoms with Crippen molar-refractivity contribution >= 4 is 23.5 Å². The average Bonchev–Trinajstić information content (AvgIpc) is 3.05. The maximum Gasteiger partial charge on any atom is 0.416 e. The number of nitrogens with one attached hydrogen (secondary N) is 1. The highest BCUT2D eigenvalue weighted by Gasteiger charge is 2.37. The van der Waals surface area contributed by atoms with Crippen LogP contribution in [0.3, 0.4) is 0 Å². The number of carbonyl (C=O) groups excluding carboxylic acids is 3. The number of carbonyl (C=O) groups is 3. The van der Waals surface area contributed by atoms with Gasteiger partial charge >= 0.3 is 12.1 Å². The smallest absolute Gasteiger partial charge is 0.416 e. The number of rotatable bonds is 14. The Morgan fingerprint density at radius 1 is 0.766 bits per heavy atom. The molecule has 0 fully saturated rings. The summed E-state index contributed by atoms with van der Waals surface area (Å²) in [7, 11) is 0. The molecule has 0 saturated carbocycles. The first-order valence-corrected chi connectivity index (χ1v) is 15.7. The lowest BCUT2D eigenvalue weighted by molar-refractivity contribution is -0.155. The fraction of sp³-hybridized carbons (Fsp3) is 0.289. The number of anilines is 1. The van der Waals surface area contributed by atoms with E-state index in [1.165, 1.54) is 12.1 Å². The molecule has 0 bridgehead atoms. The van der Waals surface area contributed by atoms with Crippen molar-refractivity contribution in [3.63, 3.8) is 0 Å². The lowest BCUT2D eigenvalue weighted by atomic mass is 9.69. The van der Waals surface area contributed by atoms with E-state index < -0.39 is 35.6 Å². The second-order valence-corrected chi connectivity index (χ2v) is 11.7. The number of hydrogen-bond acceptors (Lipinski definition) is 4. The Labute approximate surface area is 273 Å². The van der Waals surface area contributed by atoms with Crippen LogP contribution < -0.4 is 11.1 Å². The number of benzene rings is 4. The van der Waals surface area contributed by atoms with E-state index in [4.69, 9.17) is 10.5 Å². The van der Waals surface area contributed by atoms with Gasteiger partial charge in [0.2, 0.25) is 0 Å². The van der Waals surface area contributed by atoms with E-state index in [1.54, 1.807) is 48.5 Å². The van der Waals surface area contributed by atoms with Gasteiger partial charge < -0.3 is 15.8 Å². The highest BCUT2D eigenvalue weighted by atomic mass is 19.4. The monoisotopic (exact) mass is 644 g/mol. The molecule has 0 heterocycles. The van der Waals surface area contributed by atoms with Crippen molar-refractivity contribution in [1.82, 2.24) is 0 Å². The van der Waals surface area contributed by atoms with Gasteiger partial charge in [0.1, 0.15) is 0 Å². The SMILES string of the molecule is CCCC(CCC)(CC(OC(=O)Cc1ccc(NC(=O)c2ccccc2-c2ccc(C(F)(F)F)cc2)cc1)C(N)=O)c1ccccc1. The third kappa shape index (κ3) is 9.09. The highest BCUT2D eigenvalue weighted by molar-refractivity contribution is 6.08. The summed E-state index contributed by atoms with van der Waals surface area (Å²) in [6, 6.07) is 27.8. The molecule has 0 aliphatic carbocycles. The summed E-state index contributed by atoms with van der Waals surface area (Å²) in [6.07, 6.45) is -1.96. The second-order valence-electron chi connectivity index (χ2n) is 11.7. The zero-order valence-corrected chi connectivity index (χ0v) is 26.5. The van der Waals surface area contributed by atoms with Crippen molar-refractivity contribution in [2.75, 3.05) is 5.32 Å². The molecule has 1 unspecified atom stereocenters. The first kappa shape index (κ1) is 34.9. The largest absolute Gasteiger partial charge is 0.452 e. The summed E-state index contributed by atoms with van der Waals surface area (Å²) in [6.45, 7) is 4.17. The molecule has 1 atom stereocenters. The number of amides is 2. The van der Waals surface area contributed by atoms with Crippen molar-refractivity contribution in [3.05, 3.63) is 125 Å². The molecule has 4 aromatic carbocycles. The van der Waals surface area contributed by atoms with Crippen LogP contribution in [0.15, 0.2) is 103 Å². The minimum atomic E-state index is -4.46. The standard InChI is InChI=1S/C38H39F3N2O4/c1-3-22-37(23-4-2,28-10-6-5-7-11-28)25-33(35(42)45)47-34(44)24-26-14-20-30(21-15-26)43-36(46)32-13-9-8-12-31(32)27-16-18-29(19-17-27)38(39,40)41/h5-21,33H,3-4,22-25H2,1-2H3,(H2,42,45)(H,43,46). The zero-order valence-electron chi connectivity index (χ0n) is 26.5. The number of alkyl halides is 3. The molecule has 47 heavy (non-hydrogen) atoms. The van der Waals surface area contributed by atoms with Crippen LogP contribution in [0.4, 0.5) is 18.9 Å². The number of halogens is 3. The molecule has 6 nitrogen and oxygen atoms in total. The molecule has 4 rings (SSSR count). The van der Waals surface area contributed by atoms with E-state index in [1.807, 2.05) is 30.3 Å². The van der Waals surface area contributed by atoms with Gasteiger partial charge in [-0.05, 0) is 70.8 Å². The molecule has 4 aromatic rings. The predicted octanol–water partition coefficient (Wildman–Crippen LogP) is 8.49. The Morgan fingerprint density at radius 3 is 1.94 bits per heavy atom. The Hall–Kier alpha value is -4.92. The number of ether oxygens (including phenoxy) is 1. The fourth-order valence-electron chi connectivity index (χ4n) is 6.08. The van der Waals surface area contributed by atoms with Crippen molar-refractivity contribution < 1.29 is 32.3 Å². The molecular formula is C38H39F3N2O4. The van der Waals surface area contributed by atoms with Crippen LogP contribution in [0.2, 0.25) is 0 Å². The first-order valence-electron chi connectivity index (χ1n) is 15.7. The lowest BCUT2D eigenvalue weighted by Crippen LogP contribution is -2.41.